The molecule has 0 bridgehead atoms. The minimum Gasteiger partial charge on any atom is -0.282 e. The first-order valence-electron chi connectivity index (χ1n) is 7.36. The molecule has 118 valence electrons. The number of nitrogens with zero attached hydrogens (tertiary/aromatic N) is 3. The molecule has 2 aromatic carbocycles. The fraction of sp³-hybridized carbons (Fsp3) is 0.0556. The quantitative estimate of drug-likeness (QED) is 0.599. The molecule has 1 N–H and O–H groups in total. The van der Waals surface area contributed by atoms with Crippen molar-refractivity contribution in [2.75, 3.05) is 0 Å². The zero-order valence-corrected chi connectivity index (χ0v) is 12.7. The predicted octanol–water partition coefficient (Wildman–Crippen LogP) is 4.27. The van der Waals surface area contributed by atoms with Crippen molar-refractivity contribution >= 4 is 10.9 Å². The molecule has 0 aliphatic rings. The number of aryl methyl sites for hydroxylation is 1. The number of aromatic amines is 1. The molecule has 2 heterocycles. The fourth-order valence-corrected chi connectivity index (χ4v) is 2.60. The number of H-pyrrole nitrogens is 1. The summed E-state index contributed by atoms with van der Waals surface area (Å²) in [5, 5.41) is 7.93. The first-order chi connectivity index (χ1) is 11.6. The molecule has 0 aliphatic carbocycles. The molecule has 4 aromatic rings. The Morgan fingerprint density at radius 2 is 1.79 bits per heavy atom. The second-order valence-corrected chi connectivity index (χ2v) is 5.47. The Bertz CT molecular complexity index is 1060. The molecule has 0 atom stereocenters. The lowest BCUT2D eigenvalue weighted by molar-refractivity contribution is 0.585. The Kier molecular flexibility index (Phi) is 3.30. The summed E-state index contributed by atoms with van der Waals surface area (Å²) in [4.78, 5) is 8.91. The molecule has 0 saturated carbocycles. The van der Waals surface area contributed by atoms with Crippen molar-refractivity contribution in [3.8, 4) is 22.8 Å². The molecular weight excluding hydrogens is 310 g/mol. The van der Waals surface area contributed by atoms with Crippen LogP contribution in [-0.4, -0.2) is 20.2 Å². The second kappa shape index (κ2) is 5.49. The molecule has 0 amide bonds. The van der Waals surface area contributed by atoms with Gasteiger partial charge in [0.25, 0.3) is 0 Å². The number of aromatic nitrogens is 4. The number of para-hydroxylation sites is 1. The van der Waals surface area contributed by atoms with E-state index < -0.39 is 11.6 Å². The summed E-state index contributed by atoms with van der Waals surface area (Å²) in [7, 11) is 0. The van der Waals surface area contributed by atoms with Crippen LogP contribution in [-0.2, 0) is 0 Å². The van der Waals surface area contributed by atoms with Crippen molar-refractivity contribution in [3.63, 3.8) is 0 Å². The van der Waals surface area contributed by atoms with Gasteiger partial charge in [0.05, 0.1) is 11.1 Å². The monoisotopic (exact) mass is 322 g/mol. The Morgan fingerprint density at radius 3 is 2.54 bits per heavy atom. The molecule has 0 saturated heterocycles. The van der Waals surface area contributed by atoms with E-state index in [1.807, 2.05) is 37.3 Å². The van der Waals surface area contributed by atoms with E-state index in [4.69, 9.17) is 0 Å². The first-order valence-corrected chi connectivity index (χ1v) is 7.36. The number of hydrogen-bond donors (Lipinski definition) is 1. The van der Waals surface area contributed by atoms with Crippen LogP contribution in [0.2, 0.25) is 0 Å². The van der Waals surface area contributed by atoms with Gasteiger partial charge in [-0.05, 0) is 31.2 Å². The SMILES string of the molecule is Cc1cc(-c2nc(-c3ccc(F)cc3F)nc3ccccc23)n[nH]1. The summed E-state index contributed by atoms with van der Waals surface area (Å²) in [6, 6.07) is 12.7. The van der Waals surface area contributed by atoms with Crippen LogP contribution in [0.25, 0.3) is 33.7 Å². The van der Waals surface area contributed by atoms with Gasteiger partial charge in [-0.3, -0.25) is 5.10 Å². The zero-order valence-electron chi connectivity index (χ0n) is 12.7. The van der Waals surface area contributed by atoms with Crippen LogP contribution in [0.1, 0.15) is 5.69 Å². The van der Waals surface area contributed by atoms with Gasteiger partial charge in [-0.1, -0.05) is 18.2 Å². The van der Waals surface area contributed by atoms with Crippen LogP contribution >= 0.6 is 0 Å². The third-order valence-corrected chi connectivity index (χ3v) is 3.72. The van der Waals surface area contributed by atoms with E-state index in [0.29, 0.717) is 16.9 Å². The van der Waals surface area contributed by atoms with E-state index >= 15 is 0 Å². The van der Waals surface area contributed by atoms with Gasteiger partial charge in [-0.2, -0.15) is 5.10 Å². The van der Waals surface area contributed by atoms with Crippen molar-refractivity contribution in [2.24, 2.45) is 0 Å². The van der Waals surface area contributed by atoms with E-state index in [2.05, 4.69) is 20.2 Å². The first kappa shape index (κ1) is 14.4. The lowest BCUT2D eigenvalue weighted by Crippen LogP contribution is -1.97. The van der Waals surface area contributed by atoms with Crippen molar-refractivity contribution in [1.29, 1.82) is 0 Å². The number of fused-ring (bicyclic) bond motifs is 1. The van der Waals surface area contributed by atoms with Gasteiger partial charge in [0, 0.05) is 17.1 Å². The van der Waals surface area contributed by atoms with Crippen LogP contribution in [0, 0.1) is 18.6 Å². The summed E-state index contributed by atoms with van der Waals surface area (Å²) >= 11 is 0. The molecule has 6 heteroatoms. The lowest BCUT2D eigenvalue weighted by Gasteiger charge is -2.08. The van der Waals surface area contributed by atoms with Gasteiger partial charge >= 0.3 is 0 Å². The standard InChI is InChI=1S/C18H12F2N4/c1-10-8-16(24-23-10)17-13-4-2-3-5-15(13)21-18(22-17)12-7-6-11(19)9-14(12)20/h2-9H,1H3,(H,23,24). The van der Waals surface area contributed by atoms with Crippen molar-refractivity contribution in [3.05, 3.63) is 65.9 Å². The van der Waals surface area contributed by atoms with E-state index in [1.54, 1.807) is 0 Å². The van der Waals surface area contributed by atoms with E-state index in [1.165, 1.54) is 12.1 Å². The third-order valence-electron chi connectivity index (χ3n) is 3.72. The number of benzene rings is 2. The number of nitrogens with one attached hydrogen (secondary N) is 1. The van der Waals surface area contributed by atoms with Crippen LogP contribution in [0.5, 0.6) is 0 Å². The molecule has 2 aromatic heterocycles. The average Bonchev–Trinajstić information content (AvgIpc) is 3.00. The summed E-state index contributed by atoms with van der Waals surface area (Å²) in [5.41, 5.74) is 2.96. The largest absolute Gasteiger partial charge is 0.282 e. The maximum atomic E-state index is 14.1. The van der Waals surface area contributed by atoms with Crippen molar-refractivity contribution in [2.45, 2.75) is 6.92 Å². The van der Waals surface area contributed by atoms with Gasteiger partial charge in [-0.15, -0.1) is 0 Å². The molecule has 4 rings (SSSR count). The molecule has 0 unspecified atom stereocenters. The number of rotatable bonds is 2. The van der Waals surface area contributed by atoms with E-state index in [9.17, 15) is 8.78 Å². The minimum atomic E-state index is -0.700. The topological polar surface area (TPSA) is 54.5 Å². The van der Waals surface area contributed by atoms with Gasteiger partial charge in [-0.25, -0.2) is 18.7 Å². The number of hydrogen-bond acceptors (Lipinski definition) is 3. The van der Waals surface area contributed by atoms with Crippen molar-refractivity contribution < 1.29 is 8.78 Å². The normalized spacial score (nSPS) is 11.1. The second-order valence-electron chi connectivity index (χ2n) is 5.47. The fourth-order valence-electron chi connectivity index (χ4n) is 2.60. The Hall–Kier alpha value is -3.15. The van der Waals surface area contributed by atoms with Gasteiger partial charge < -0.3 is 0 Å². The highest BCUT2D eigenvalue weighted by Gasteiger charge is 2.15. The summed E-state index contributed by atoms with van der Waals surface area (Å²) in [6.45, 7) is 1.89. The van der Waals surface area contributed by atoms with Crippen LogP contribution < -0.4 is 0 Å². The lowest BCUT2D eigenvalue weighted by atomic mass is 10.1. The van der Waals surface area contributed by atoms with Crippen LogP contribution in [0.15, 0.2) is 48.5 Å². The van der Waals surface area contributed by atoms with Crippen LogP contribution in [0.3, 0.4) is 0 Å². The Morgan fingerprint density at radius 1 is 0.958 bits per heavy atom. The predicted molar refractivity (Wildman–Crippen MR) is 87.2 cm³/mol. The van der Waals surface area contributed by atoms with Crippen LogP contribution in [0.4, 0.5) is 8.78 Å². The summed E-state index contributed by atoms with van der Waals surface area (Å²) < 4.78 is 27.3. The summed E-state index contributed by atoms with van der Waals surface area (Å²) in [6.07, 6.45) is 0. The molecule has 0 spiro atoms. The zero-order chi connectivity index (χ0) is 16.7. The highest BCUT2D eigenvalue weighted by atomic mass is 19.1. The Labute approximate surface area is 136 Å². The van der Waals surface area contributed by atoms with E-state index in [0.717, 1.165) is 17.1 Å². The third kappa shape index (κ3) is 2.42. The summed E-state index contributed by atoms with van der Waals surface area (Å²) in [5.74, 6) is -1.14. The smallest absolute Gasteiger partial charge is 0.163 e. The molecule has 0 radical (unpaired) electrons. The van der Waals surface area contributed by atoms with E-state index in [-0.39, 0.29) is 11.4 Å². The highest BCUT2D eigenvalue weighted by Crippen LogP contribution is 2.29. The number of halogens is 2. The maximum absolute atomic E-state index is 14.1. The average molecular weight is 322 g/mol. The molecule has 24 heavy (non-hydrogen) atoms. The van der Waals surface area contributed by atoms with Crippen molar-refractivity contribution in [1.82, 2.24) is 20.2 Å². The molecule has 0 fully saturated rings. The Balaban J connectivity index is 2.01. The van der Waals surface area contributed by atoms with Gasteiger partial charge in [0.1, 0.15) is 23.0 Å². The molecule has 0 aliphatic heterocycles. The molecule has 4 nitrogen and oxygen atoms in total. The van der Waals surface area contributed by atoms with Gasteiger partial charge in [0.15, 0.2) is 5.82 Å². The highest BCUT2D eigenvalue weighted by molar-refractivity contribution is 5.92. The van der Waals surface area contributed by atoms with Gasteiger partial charge in [0.2, 0.25) is 0 Å². The molecular formula is C18H12F2N4. The minimum absolute atomic E-state index is 0.149. The maximum Gasteiger partial charge on any atom is 0.163 e.